The van der Waals surface area contributed by atoms with Crippen molar-refractivity contribution in [2.45, 2.75) is 20.0 Å². The first-order valence-corrected chi connectivity index (χ1v) is 11.6. The molecule has 9 nitrogen and oxygen atoms in total. The number of carbonyl (C=O) groups is 2. The third-order valence-electron chi connectivity index (χ3n) is 5.45. The summed E-state index contributed by atoms with van der Waals surface area (Å²) in [6, 6.07) is 14.4. The zero-order valence-corrected chi connectivity index (χ0v) is 20.3. The lowest BCUT2D eigenvalue weighted by molar-refractivity contribution is -0.116. The minimum absolute atomic E-state index is 0.232. The number of amides is 2. The van der Waals surface area contributed by atoms with E-state index in [1.54, 1.807) is 38.3 Å². The van der Waals surface area contributed by atoms with Gasteiger partial charge in [0.15, 0.2) is 0 Å². The lowest BCUT2D eigenvalue weighted by atomic mass is 10.2. The number of nitrogens with zero attached hydrogens (tertiary/aromatic N) is 2. The number of hydrogen-bond donors (Lipinski definition) is 2. The van der Waals surface area contributed by atoms with Crippen molar-refractivity contribution in [2.75, 3.05) is 19.5 Å². The number of fused-ring (bicyclic) bond motifs is 1. The first-order valence-electron chi connectivity index (χ1n) is 10.7. The number of thiophene rings is 1. The van der Waals surface area contributed by atoms with Crippen LogP contribution in [0, 0.1) is 6.92 Å². The molecule has 35 heavy (non-hydrogen) atoms. The third-order valence-corrected chi connectivity index (χ3v) is 6.65. The zero-order valence-electron chi connectivity index (χ0n) is 19.5. The maximum absolute atomic E-state index is 13.1. The van der Waals surface area contributed by atoms with Crippen molar-refractivity contribution < 1.29 is 19.1 Å². The number of ether oxygens (including phenoxy) is 2. The van der Waals surface area contributed by atoms with Crippen molar-refractivity contribution in [3.63, 3.8) is 0 Å². The van der Waals surface area contributed by atoms with Gasteiger partial charge in [0, 0.05) is 12.1 Å². The van der Waals surface area contributed by atoms with Crippen LogP contribution in [0.25, 0.3) is 10.2 Å². The Morgan fingerprint density at radius 2 is 1.71 bits per heavy atom. The maximum atomic E-state index is 13.1. The molecular formula is C25H24N4O5S. The highest BCUT2D eigenvalue weighted by Gasteiger charge is 2.20. The van der Waals surface area contributed by atoms with Gasteiger partial charge in [-0.3, -0.25) is 19.0 Å². The Morgan fingerprint density at radius 3 is 2.46 bits per heavy atom. The molecular weight excluding hydrogens is 468 g/mol. The summed E-state index contributed by atoms with van der Waals surface area (Å²) in [5.41, 5.74) is 1.48. The molecule has 2 aromatic carbocycles. The van der Waals surface area contributed by atoms with Crippen LogP contribution in [0.2, 0.25) is 0 Å². The smallest absolute Gasteiger partial charge is 0.262 e. The van der Waals surface area contributed by atoms with E-state index in [1.807, 2.05) is 24.3 Å². The average molecular weight is 493 g/mol. The van der Waals surface area contributed by atoms with Crippen molar-refractivity contribution in [3.8, 4) is 11.5 Å². The van der Waals surface area contributed by atoms with Crippen LogP contribution in [0.1, 0.15) is 20.8 Å². The lowest BCUT2D eigenvalue weighted by Crippen LogP contribution is -2.28. The number of aryl methyl sites for hydroxylation is 1. The first-order chi connectivity index (χ1) is 16.9. The molecule has 4 rings (SSSR count). The van der Waals surface area contributed by atoms with Gasteiger partial charge < -0.3 is 20.1 Å². The molecule has 180 valence electrons. The fraction of sp³-hybridized carbons (Fsp3) is 0.200. The molecule has 2 amide bonds. The minimum atomic E-state index is -0.402. The van der Waals surface area contributed by atoms with Gasteiger partial charge in [-0.2, -0.15) is 0 Å². The van der Waals surface area contributed by atoms with E-state index in [0.717, 1.165) is 16.9 Å². The van der Waals surface area contributed by atoms with Crippen LogP contribution in [0.3, 0.4) is 0 Å². The Kier molecular flexibility index (Phi) is 7.11. The molecule has 0 saturated carbocycles. The zero-order chi connectivity index (χ0) is 24.9. The van der Waals surface area contributed by atoms with Crippen LogP contribution in [0.5, 0.6) is 11.5 Å². The van der Waals surface area contributed by atoms with Crippen molar-refractivity contribution in [3.05, 3.63) is 81.2 Å². The monoisotopic (exact) mass is 492 g/mol. The molecule has 4 aromatic rings. The highest BCUT2D eigenvalue weighted by atomic mass is 32.1. The number of aromatic nitrogens is 2. The highest BCUT2D eigenvalue weighted by Crippen LogP contribution is 2.27. The van der Waals surface area contributed by atoms with Gasteiger partial charge in [0.1, 0.15) is 22.9 Å². The third kappa shape index (κ3) is 5.02. The number of para-hydroxylation sites is 3. The minimum Gasteiger partial charge on any atom is -0.496 e. The van der Waals surface area contributed by atoms with E-state index in [4.69, 9.17) is 9.47 Å². The molecule has 0 aliphatic rings. The summed E-state index contributed by atoms with van der Waals surface area (Å²) in [7, 11) is 3.08. The molecule has 2 N–H and O–H groups in total. The fourth-order valence-electron chi connectivity index (χ4n) is 3.69. The van der Waals surface area contributed by atoms with Crippen LogP contribution in [0.4, 0.5) is 5.69 Å². The molecule has 2 aromatic heterocycles. The molecule has 0 aliphatic heterocycles. The molecule has 0 fully saturated rings. The Bertz CT molecular complexity index is 1460. The average Bonchev–Trinajstić information content (AvgIpc) is 3.21. The number of carbonyl (C=O) groups excluding carboxylic acids is 2. The molecule has 0 bridgehead atoms. The maximum Gasteiger partial charge on any atom is 0.262 e. The summed E-state index contributed by atoms with van der Waals surface area (Å²) in [6.07, 6.45) is 1.32. The lowest BCUT2D eigenvalue weighted by Gasteiger charge is -2.10. The molecule has 0 spiro atoms. The van der Waals surface area contributed by atoms with Gasteiger partial charge >= 0.3 is 0 Å². The van der Waals surface area contributed by atoms with Gasteiger partial charge in [0.05, 0.1) is 36.5 Å². The molecule has 10 heteroatoms. The number of rotatable bonds is 8. The normalized spacial score (nSPS) is 10.7. The number of anilines is 1. The quantitative estimate of drug-likeness (QED) is 0.390. The number of nitrogens with one attached hydrogen (secondary N) is 2. The molecule has 2 heterocycles. The number of methoxy groups -OCH3 is 2. The Hall–Kier alpha value is -4.18. The second-order valence-corrected chi connectivity index (χ2v) is 8.66. The molecule has 0 saturated heterocycles. The summed E-state index contributed by atoms with van der Waals surface area (Å²) in [4.78, 5) is 43.8. The second kappa shape index (κ2) is 10.4. The van der Waals surface area contributed by atoms with E-state index < -0.39 is 5.91 Å². The Labute approximate surface area is 205 Å². The van der Waals surface area contributed by atoms with Gasteiger partial charge in [-0.1, -0.05) is 30.3 Å². The molecule has 0 radical (unpaired) electrons. The SMILES string of the molecule is COc1ccccc1CNC(=O)c1sc2ncn(CC(=O)Nc3ccccc3OC)c(=O)c2c1C. The summed E-state index contributed by atoms with van der Waals surface area (Å²) < 4.78 is 11.8. The number of benzene rings is 2. The van der Waals surface area contributed by atoms with Crippen molar-refractivity contribution in [1.29, 1.82) is 0 Å². The largest absolute Gasteiger partial charge is 0.496 e. The summed E-state index contributed by atoms with van der Waals surface area (Å²) in [6.45, 7) is 1.75. The molecule has 0 atom stereocenters. The van der Waals surface area contributed by atoms with Gasteiger partial charge in [0.2, 0.25) is 5.91 Å². The first kappa shape index (κ1) is 24.0. The summed E-state index contributed by atoms with van der Waals surface area (Å²) in [5.74, 6) is 0.479. The van der Waals surface area contributed by atoms with Gasteiger partial charge in [-0.25, -0.2) is 4.98 Å². The predicted molar refractivity (Wildman–Crippen MR) is 134 cm³/mol. The van der Waals surface area contributed by atoms with Crippen LogP contribution in [-0.4, -0.2) is 35.6 Å². The van der Waals surface area contributed by atoms with E-state index in [2.05, 4.69) is 15.6 Å². The van der Waals surface area contributed by atoms with E-state index in [0.29, 0.717) is 37.8 Å². The van der Waals surface area contributed by atoms with Crippen LogP contribution in [-0.2, 0) is 17.9 Å². The standard InChI is InChI=1S/C25H24N4O5S/c1-15-21-24(35-22(15)23(31)26-12-16-8-4-6-10-18(16)33-2)27-14-29(25(21)32)13-20(30)28-17-9-5-7-11-19(17)34-3/h4-11,14H,12-13H2,1-3H3,(H,26,31)(H,28,30). The van der Waals surface area contributed by atoms with Crippen molar-refractivity contribution >= 4 is 39.1 Å². The van der Waals surface area contributed by atoms with Crippen molar-refractivity contribution in [2.24, 2.45) is 0 Å². The van der Waals surface area contributed by atoms with Crippen molar-refractivity contribution in [1.82, 2.24) is 14.9 Å². The van der Waals surface area contributed by atoms with Gasteiger partial charge in [0.25, 0.3) is 11.5 Å². The highest BCUT2D eigenvalue weighted by molar-refractivity contribution is 7.20. The topological polar surface area (TPSA) is 112 Å². The van der Waals surface area contributed by atoms with E-state index in [9.17, 15) is 14.4 Å². The Morgan fingerprint density at radius 1 is 1.03 bits per heavy atom. The van der Waals surface area contributed by atoms with E-state index in [-0.39, 0.29) is 24.6 Å². The molecule has 0 unspecified atom stereocenters. The predicted octanol–water partition coefficient (Wildman–Crippen LogP) is 3.35. The number of hydrogen-bond acceptors (Lipinski definition) is 7. The second-order valence-electron chi connectivity index (χ2n) is 7.66. The Balaban J connectivity index is 1.53. The summed E-state index contributed by atoms with van der Waals surface area (Å²) >= 11 is 1.14. The van der Waals surface area contributed by atoms with Crippen LogP contribution < -0.4 is 25.7 Å². The van der Waals surface area contributed by atoms with Gasteiger partial charge in [-0.05, 0) is 30.7 Å². The summed E-state index contributed by atoms with van der Waals surface area (Å²) in [5, 5.41) is 5.94. The van der Waals surface area contributed by atoms with Crippen LogP contribution in [0.15, 0.2) is 59.7 Å². The van der Waals surface area contributed by atoms with Crippen LogP contribution >= 0.6 is 11.3 Å². The van der Waals surface area contributed by atoms with E-state index >= 15 is 0 Å². The van der Waals surface area contributed by atoms with E-state index in [1.165, 1.54) is 18.0 Å². The molecule has 0 aliphatic carbocycles. The fourth-order valence-corrected chi connectivity index (χ4v) is 4.74. The van der Waals surface area contributed by atoms with Gasteiger partial charge in [-0.15, -0.1) is 11.3 Å².